The van der Waals surface area contributed by atoms with E-state index in [0.29, 0.717) is 30.4 Å². The number of anilines is 1. The number of amides is 1. The number of sulfone groups is 1. The zero-order valence-corrected chi connectivity index (χ0v) is 12.0. The lowest BCUT2D eigenvalue weighted by Gasteiger charge is -2.10. The van der Waals surface area contributed by atoms with Gasteiger partial charge in [-0.3, -0.25) is 4.79 Å². The Hall–Kier alpha value is -1.76. The molecular weight excluding hydrogens is 282 g/mol. The molecule has 0 saturated carbocycles. The van der Waals surface area contributed by atoms with Gasteiger partial charge in [0.25, 0.3) is 0 Å². The van der Waals surface area contributed by atoms with Crippen molar-refractivity contribution in [2.75, 3.05) is 30.0 Å². The molecule has 0 fully saturated rings. The second-order valence-corrected chi connectivity index (χ2v) is 6.79. The van der Waals surface area contributed by atoms with Crippen LogP contribution in [-0.2, 0) is 14.6 Å². The number of fused-ring (bicyclic) bond motifs is 1. The summed E-state index contributed by atoms with van der Waals surface area (Å²) in [5.41, 5.74) is 0.491. The Bertz CT molecular complexity index is 597. The fourth-order valence-corrected chi connectivity index (χ4v) is 2.42. The molecule has 0 bridgehead atoms. The summed E-state index contributed by atoms with van der Waals surface area (Å²) in [6.45, 7) is 2.65. The Kier molecular flexibility index (Phi) is 4.49. The summed E-state index contributed by atoms with van der Waals surface area (Å²) in [7, 11) is -3.33. The molecule has 0 saturated heterocycles. The highest BCUT2D eigenvalue weighted by Crippen LogP contribution is 2.32. The first-order valence-corrected chi connectivity index (χ1v) is 8.22. The standard InChI is InChI=1S/C13H17NO5S/c1-2-20(16,17)9-13(15)14-10-4-5-11-12(8-10)19-7-3-6-18-11/h4-5,8H,2-3,6-7,9H2,1H3,(H,14,15). The van der Waals surface area contributed by atoms with Crippen molar-refractivity contribution >= 4 is 21.4 Å². The highest BCUT2D eigenvalue weighted by atomic mass is 32.2. The molecule has 0 aromatic heterocycles. The van der Waals surface area contributed by atoms with E-state index in [0.717, 1.165) is 6.42 Å². The number of hydrogen-bond acceptors (Lipinski definition) is 5. The van der Waals surface area contributed by atoms with Crippen molar-refractivity contribution in [1.29, 1.82) is 0 Å². The quantitative estimate of drug-likeness (QED) is 0.904. The Balaban J connectivity index is 2.07. The predicted molar refractivity (Wildman–Crippen MR) is 75.0 cm³/mol. The van der Waals surface area contributed by atoms with Crippen LogP contribution in [0.15, 0.2) is 18.2 Å². The van der Waals surface area contributed by atoms with E-state index in [1.165, 1.54) is 6.92 Å². The molecule has 1 aromatic rings. The van der Waals surface area contributed by atoms with Crippen LogP contribution in [0.5, 0.6) is 11.5 Å². The number of ether oxygens (including phenoxy) is 2. The lowest BCUT2D eigenvalue weighted by atomic mass is 10.2. The third kappa shape index (κ3) is 3.86. The molecule has 0 radical (unpaired) electrons. The van der Waals surface area contributed by atoms with Gasteiger partial charge in [0.1, 0.15) is 5.75 Å². The van der Waals surface area contributed by atoms with Crippen LogP contribution in [0.4, 0.5) is 5.69 Å². The van der Waals surface area contributed by atoms with Crippen LogP contribution in [0.3, 0.4) is 0 Å². The maximum Gasteiger partial charge on any atom is 0.239 e. The molecule has 1 aliphatic rings. The van der Waals surface area contributed by atoms with Crippen molar-refractivity contribution in [2.45, 2.75) is 13.3 Å². The van der Waals surface area contributed by atoms with Crippen LogP contribution in [0.1, 0.15) is 13.3 Å². The maximum atomic E-state index is 11.7. The third-order valence-corrected chi connectivity index (χ3v) is 4.40. The molecule has 0 unspecified atom stereocenters. The van der Waals surface area contributed by atoms with Crippen molar-refractivity contribution in [3.05, 3.63) is 18.2 Å². The Morgan fingerprint density at radius 3 is 2.65 bits per heavy atom. The first kappa shape index (κ1) is 14.6. The monoisotopic (exact) mass is 299 g/mol. The summed E-state index contributed by atoms with van der Waals surface area (Å²) in [6.07, 6.45) is 0.797. The second-order valence-electron chi connectivity index (χ2n) is 4.44. The van der Waals surface area contributed by atoms with Gasteiger partial charge >= 0.3 is 0 Å². The molecule has 2 rings (SSSR count). The number of benzene rings is 1. The first-order valence-electron chi connectivity index (χ1n) is 6.40. The minimum absolute atomic E-state index is 0.0540. The summed E-state index contributed by atoms with van der Waals surface area (Å²) in [5.74, 6) is 0.0566. The van der Waals surface area contributed by atoms with E-state index in [4.69, 9.17) is 9.47 Å². The third-order valence-electron chi connectivity index (χ3n) is 2.82. The molecule has 6 nitrogen and oxygen atoms in total. The molecule has 0 atom stereocenters. The van der Waals surface area contributed by atoms with E-state index >= 15 is 0 Å². The summed E-state index contributed by atoms with van der Waals surface area (Å²) in [4.78, 5) is 11.7. The molecule has 1 aliphatic heterocycles. The zero-order valence-electron chi connectivity index (χ0n) is 11.2. The fraction of sp³-hybridized carbons (Fsp3) is 0.462. The molecule has 1 heterocycles. The van der Waals surface area contributed by atoms with E-state index in [2.05, 4.69) is 5.32 Å². The predicted octanol–water partition coefficient (Wildman–Crippen LogP) is 1.22. The second kappa shape index (κ2) is 6.13. The van der Waals surface area contributed by atoms with Gasteiger partial charge in [0.2, 0.25) is 5.91 Å². The lowest BCUT2D eigenvalue weighted by molar-refractivity contribution is -0.113. The molecule has 1 amide bonds. The van der Waals surface area contributed by atoms with Gasteiger partial charge in [0, 0.05) is 23.9 Å². The molecular formula is C13H17NO5S. The molecule has 7 heteroatoms. The summed E-state index contributed by atoms with van der Waals surface area (Å²) in [5, 5.41) is 2.55. The van der Waals surface area contributed by atoms with Crippen LogP contribution in [-0.4, -0.2) is 39.0 Å². The Labute approximate surface area is 118 Å². The van der Waals surface area contributed by atoms with Crippen molar-refractivity contribution in [3.63, 3.8) is 0 Å². The van der Waals surface area contributed by atoms with Crippen molar-refractivity contribution in [2.24, 2.45) is 0 Å². The average molecular weight is 299 g/mol. The number of carbonyl (C=O) groups is 1. The van der Waals surface area contributed by atoms with Gasteiger partial charge in [-0.15, -0.1) is 0 Å². The van der Waals surface area contributed by atoms with E-state index in [1.807, 2.05) is 0 Å². The van der Waals surface area contributed by atoms with Crippen LogP contribution < -0.4 is 14.8 Å². The number of nitrogens with one attached hydrogen (secondary N) is 1. The van der Waals surface area contributed by atoms with Gasteiger partial charge in [-0.25, -0.2) is 8.42 Å². The van der Waals surface area contributed by atoms with Crippen LogP contribution in [0, 0.1) is 0 Å². The minimum Gasteiger partial charge on any atom is -0.490 e. The molecule has 0 spiro atoms. The lowest BCUT2D eigenvalue weighted by Crippen LogP contribution is -2.23. The average Bonchev–Trinajstić information content (AvgIpc) is 2.62. The first-order chi connectivity index (χ1) is 9.50. The number of hydrogen-bond donors (Lipinski definition) is 1. The summed E-state index contributed by atoms with van der Waals surface area (Å²) in [6, 6.07) is 4.99. The van der Waals surface area contributed by atoms with E-state index < -0.39 is 21.5 Å². The van der Waals surface area contributed by atoms with Gasteiger partial charge < -0.3 is 14.8 Å². The largest absolute Gasteiger partial charge is 0.490 e. The van der Waals surface area contributed by atoms with E-state index in [9.17, 15) is 13.2 Å². The topological polar surface area (TPSA) is 81.7 Å². The molecule has 1 N–H and O–H groups in total. The molecule has 0 aliphatic carbocycles. The molecule has 1 aromatic carbocycles. The minimum atomic E-state index is -3.33. The van der Waals surface area contributed by atoms with Gasteiger partial charge in [0.05, 0.1) is 13.2 Å². The SMILES string of the molecule is CCS(=O)(=O)CC(=O)Nc1ccc2c(c1)OCCCO2. The van der Waals surface area contributed by atoms with Crippen LogP contribution in [0.25, 0.3) is 0 Å². The maximum absolute atomic E-state index is 11.7. The van der Waals surface area contributed by atoms with E-state index in [-0.39, 0.29) is 5.75 Å². The van der Waals surface area contributed by atoms with Crippen LogP contribution in [0.2, 0.25) is 0 Å². The van der Waals surface area contributed by atoms with Gasteiger partial charge in [-0.2, -0.15) is 0 Å². The van der Waals surface area contributed by atoms with Crippen molar-refractivity contribution in [1.82, 2.24) is 0 Å². The molecule has 20 heavy (non-hydrogen) atoms. The Morgan fingerprint density at radius 2 is 1.95 bits per heavy atom. The van der Waals surface area contributed by atoms with Crippen molar-refractivity contribution < 1.29 is 22.7 Å². The van der Waals surface area contributed by atoms with Crippen LogP contribution >= 0.6 is 0 Å². The number of rotatable bonds is 4. The van der Waals surface area contributed by atoms with Gasteiger partial charge in [-0.05, 0) is 12.1 Å². The van der Waals surface area contributed by atoms with Gasteiger partial charge in [-0.1, -0.05) is 6.92 Å². The zero-order chi connectivity index (χ0) is 14.6. The molecule has 110 valence electrons. The van der Waals surface area contributed by atoms with Gasteiger partial charge in [0.15, 0.2) is 21.3 Å². The normalized spacial score (nSPS) is 14.4. The highest BCUT2D eigenvalue weighted by molar-refractivity contribution is 7.92. The van der Waals surface area contributed by atoms with E-state index in [1.54, 1.807) is 18.2 Å². The fourth-order valence-electron chi connectivity index (χ4n) is 1.74. The highest BCUT2D eigenvalue weighted by Gasteiger charge is 2.16. The Morgan fingerprint density at radius 1 is 1.25 bits per heavy atom. The summed E-state index contributed by atoms with van der Waals surface area (Å²) < 4.78 is 33.7. The number of carbonyl (C=O) groups excluding carboxylic acids is 1. The van der Waals surface area contributed by atoms with Crippen molar-refractivity contribution in [3.8, 4) is 11.5 Å². The smallest absolute Gasteiger partial charge is 0.239 e. The summed E-state index contributed by atoms with van der Waals surface area (Å²) >= 11 is 0.